The van der Waals surface area contributed by atoms with Crippen molar-refractivity contribution in [3.8, 4) is 0 Å². The molecule has 404 valence electrons. The number of amides is 1. The minimum absolute atomic E-state index is 0.00572. The number of carbonyl (C=O) groups is 1. The fourth-order valence-corrected chi connectivity index (χ4v) is 9.20. The van der Waals surface area contributed by atoms with Crippen molar-refractivity contribution in [2.75, 3.05) is 40.9 Å². The molecule has 2 N–H and O–H groups in total. The number of quaternary nitrogens is 1. The number of hydrogen-bond donors (Lipinski definition) is 2. The molecular weight excluding hydrogens is 876 g/mol. The van der Waals surface area contributed by atoms with Gasteiger partial charge in [-0.3, -0.25) is 9.36 Å². The first-order chi connectivity index (χ1) is 33.5. The second-order valence-electron chi connectivity index (χ2n) is 21.0. The van der Waals surface area contributed by atoms with E-state index in [1.165, 1.54) is 148 Å². The molecule has 0 aromatic heterocycles. The Balaban J connectivity index is 4.19. The minimum atomic E-state index is -4.58. The lowest BCUT2D eigenvalue weighted by Gasteiger charge is -2.30. The third kappa shape index (κ3) is 53.8. The topological polar surface area (TPSA) is 108 Å². The molecule has 0 aromatic rings. The van der Waals surface area contributed by atoms with Crippen LogP contribution in [0.4, 0.5) is 0 Å². The van der Waals surface area contributed by atoms with Crippen LogP contribution < -0.4 is 10.2 Å². The van der Waals surface area contributed by atoms with Crippen molar-refractivity contribution >= 4 is 13.7 Å². The minimum Gasteiger partial charge on any atom is -0.756 e. The number of rotatable bonds is 53. The highest BCUT2D eigenvalue weighted by molar-refractivity contribution is 7.45. The van der Waals surface area contributed by atoms with Gasteiger partial charge in [0.05, 0.1) is 39.9 Å². The second-order valence-corrected chi connectivity index (χ2v) is 22.4. The van der Waals surface area contributed by atoms with Gasteiger partial charge in [-0.1, -0.05) is 261 Å². The van der Waals surface area contributed by atoms with Gasteiger partial charge in [-0.05, 0) is 57.8 Å². The number of aliphatic hydroxyl groups is 1. The zero-order chi connectivity index (χ0) is 50.6. The van der Waals surface area contributed by atoms with Crippen LogP contribution in [0.2, 0.25) is 0 Å². The van der Waals surface area contributed by atoms with E-state index in [2.05, 4.69) is 79.9 Å². The van der Waals surface area contributed by atoms with Crippen LogP contribution in [-0.4, -0.2) is 68.5 Å². The molecule has 1 amide bonds. The summed E-state index contributed by atoms with van der Waals surface area (Å²) in [4.78, 5) is 25.5. The monoisotopic (exact) mass is 989 g/mol. The smallest absolute Gasteiger partial charge is 0.268 e. The Morgan fingerprint density at radius 3 is 1.29 bits per heavy atom. The van der Waals surface area contributed by atoms with Crippen molar-refractivity contribution in [1.29, 1.82) is 0 Å². The molecule has 0 radical (unpaired) electrons. The van der Waals surface area contributed by atoms with Crippen LogP contribution in [0.25, 0.3) is 0 Å². The van der Waals surface area contributed by atoms with Crippen LogP contribution in [0.15, 0.2) is 60.8 Å². The molecule has 0 bridgehead atoms. The predicted octanol–water partition coefficient (Wildman–Crippen LogP) is 17.1. The zero-order valence-corrected chi connectivity index (χ0v) is 46.9. The highest BCUT2D eigenvalue weighted by Crippen LogP contribution is 2.38. The van der Waals surface area contributed by atoms with Gasteiger partial charge in [0, 0.05) is 6.42 Å². The molecule has 69 heavy (non-hydrogen) atoms. The fraction of sp³-hybridized carbons (Fsp3) is 0.817. The molecular formula is C60H113N2O6P. The molecule has 0 aliphatic rings. The lowest BCUT2D eigenvalue weighted by atomic mass is 10.0. The van der Waals surface area contributed by atoms with Gasteiger partial charge in [-0.2, -0.15) is 0 Å². The van der Waals surface area contributed by atoms with Crippen molar-refractivity contribution in [3.63, 3.8) is 0 Å². The third-order valence-electron chi connectivity index (χ3n) is 13.0. The number of phosphoric ester groups is 1. The Kier molecular flexibility index (Phi) is 49.8. The predicted molar refractivity (Wildman–Crippen MR) is 297 cm³/mol. The molecule has 0 heterocycles. The summed E-state index contributed by atoms with van der Waals surface area (Å²) in [5.41, 5.74) is 0. The Bertz CT molecular complexity index is 1310. The van der Waals surface area contributed by atoms with E-state index in [9.17, 15) is 19.4 Å². The first-order valence-corrected chi connectivity index (χ1v) is 30.6. The molecule has 0 saturated heterocycles. The van der Waals surface area contributed by atoms with E-state index in [1.54, 1.807) is 0 Å². The second kappa shape index (κ2) is 51.1. The van der Waals surface area contributed by atoms with Crippen molar-refractivity contribution in [2.24, 2.45) is 0 Å². The molecule has 0 aliphatic carbocycles. The summed E-state index contributed by atoms with van der Waals surface area (Å²) in [7, 11) is 1.29. The summed E-state index contributed by atoms with van der Waals surface area (Å²) in [5.74, 6) is -0.182. The van der Waals surface area contributed by atoms with Gasteiger partial charge in [-0.15, -0.1) is 0 Å². The molecule has 0 fully saturated rings. The molecule has 0 rings (SSSR count). The van der Waals surface area contributed by atoms with Crippen LogP contribution in [0.3, 0.4) is 0 Å². The number of nitrogens with zero attached hydrogens (tertiary/aromatic N) is 1. The maximum atomic E-state index is 13.0. The van der Waals surface area contributed by atoms with Crippen LogP contribution in [0.1, 0.15) is 264 Å². The quantitative estimate of drug-likeness (QED) is 0.0272. The molecule has 3 atom stereocenters. The lowest BCUT2D eigenvalue weighted by Crippen LogP contribution is -2.46. The van der Waals surface area contributed by atoms with Crippen molar-refractivity contribution in [3.05, 3.63) is 60.8 Å². The normalized spacial score (nSPS) is 14.4. The van der Waals surface area contributed by atoms with Crippen LogP contribution in [-0.2, 0) is 18.4 Å². The number of aliphatic hydroxyl groups excluding tert-OH is 1. The summed E-state index contributed by atoms with van der Waals surface area (Å²) in [5, 5.41) is 14.0. The van der Waals surface area contributed by atoms with Crippen LogP contribution in [0, 0.1) is 0 Å². The number of nitrogens with one attached hydrogen (secondary N) is 1. The van der Waals surface area contributed by atoms with E-state index in [0.717, 1.165) is 89.9 Å². The summed E-state index contributed by atoms with van der Waals surface area (Å²) in [6, 6.07) is -0.815. The fourth-order valence-electron chi connectivity index (χ4n) is 8.48. The summed E-state index contributed by atoms with van der Waals surface area (Å²) >= 11 is 0. The number of phosphoric acid groups is 1. The lowest BCUT2D eigenvalue weighted by molar-refractivity contribution is -0.870. The number of carbonyl (C=O) groups excluding carboxylic acids is 1. The van der Waals surface area contributed by atoms with E-state index in [-0.39, 0.29) is 19.1 Å². The Labute approximate surface area is 428 Å². The SMILES string of the molecule is CC/C=C\C/C=C\C/C=C\C/C=C\C/C=C\CCCCCCCC(=O)NC(COP(=O)([O-])OCC[N+](C)(C)C)C(O)CCCCCCCCCCCCCCCCCCCCCCCCCCCC. The van der Waals surface area contributed by atoms with Crippen molar-refractivity contribution in [2.45, 2.75) is 276 Å². The van der Waals surface area contributed by atoms with Gasteiger partial charge >= 0.3 is 0 Å². The van der Waals surface area contributed by atoms with E-state index in [1.807, 2.05) is 21.1 Å². The standard InChI is InChI=1S/C60H113N2O6P/c1-6-8-10-12-14-16-18-20-22-24-26-28-29-30-31-32-34-35-37-39-41-43-45-47-49-51-53-59(63)58(57-68-69(65,66)67-56-55-62(3,4)5)61-60(64)54-52-50-48-46-44-42-40-38-36-33-27-25-23-21-19-17-15-13-11-9-7-2/h9,11,15,17,21,23,27,33,38,40,58-59,63H,6-8,10,12-14,16,18-20,22,24-26,28-32,34-37,39,41-57H2,1-5H3,(H-,61,64,65,66)/b11-9-,17-15-,23-21-,33-27-,40-38-. The van der Waals surface area contributed by atoms with E-state index in [0.29, 0.717) is 23.9 Å². The molecule has 0 spiro atoms. The molecule has 0 aliphatic heterocycles. The number of hydrogen-bond acceptors (Lipinski definition) is 6. The zero-order valence-electron chi connectivity index (χ0n) is 46.0. The number of allylic oxidation sites excluding steroid dienone is 10. The molecule has 3 unspecified atom stereocenters. The number of likely N-dealkylation sites (N-methyl/N-ethyl adjacent to an activating group) is 1. The van der Waals surface area contributed by atoms with Gasteiger partial charge in [0.15, 0.2) is 0 Å². The average Bonchev–Trinajstić information content (AvgIpc) is 3.31. The maximum absolute atomic E-state index is 13.0. The highest BCUT2D eigenvalue weighted by Gasteiger charge is 2.24. The molecule has 0 aromatic carbocycles. The summed E-state index contributed by atoms with van der Waals surface area (Å²) in [6.07, 6.45) is 68.3. The van der Waals surface area contributed by atoms with Crippen LogP contribution in [0.5, 0.6) is 0 Å². The van der Waals surface area contributed by atoms with E-state index in [4.69, 9.17) is 9.05 Å². The Morgan fingerprint density at radius 1 is 0.522 bits per heavy atom. The van der Waals surface area contributed by atoms with Gasteiger partial charge < -0.3 is 28.8 Å². The van der Waals surface area contributed by atoms with Crippen molar-refractivity contribution in [1.82, 2.24) is 5.32 Å². The summed E-state index contributed by atoms with van der Waals surface area (Å²) in [6.45, 7) is 4.61. The Morgan fingerprint density at radius 2 is 0.884 bits per heavy atom. The van der Waals surface area contributed by atoms with Gasteiger partial charge in [-0.25, -0.2) is 0 Å². The van der Waals surface area contributed by atoms with Gasteiger partial charge in [0.2, 0.25) is 5.91 Å². The molecule has 8 nitrogen and oxygen atoms in total. The van der Waals surface area contributed by atoms with Gasteiger partial charge in [0.25, 0.3) is 7.82 Å². The largest absolute Gasteiger partial charge is 0.756 e. The Hall–Kier alpha value is -1.80. The van der Waals surface area contributed by atoms with Crippen LogP contribution >= 0.6 is 7.82 Å². The van der Waals surface area contributed by atoms with E-state index < -0.39 is 20.0 Å². The van der Waals surface area contributed by atoms with E-state index >= 15 is 0 Å². The van der Waals surface area contributed by atoms with Gasteiger partial charge in [0.1, 0.15) is 13.2 Å². The maximum Gasteiger partial charge on any atom is 0.268 e. The summed E-state index contributed by atoms with van der Waals surface area (Å²) < 4.78 is 23.4. The average molecular weight is 990 g/mol. The molecule has 9 heteroatoms. The van der Waals surface area contributed by atoms with Crippen molar-refractivity contribution < 1.29 is 32.9 Å². The highest BCUT2D eigenvalue weighted by atomic mass is 31.2. The first kappa shape index (κ1) is 67.2. The molecule has 0 saturated carbocycles. The third-order valence-corrected chi connectivity index (χ3v) is 14.0. The first-order valence-electron chi connectivity index (χ1n) is 29.1. The number of unbranched alkanes of at least 4 members (excludes halogenated alkanes) is 30.